The van der Waals surface area contributed by atoms with Gasteiger partial charge in [0.05, 0.1) is 17.8 Å². The average Bonchev–Trinajstić information content (AvgIpc) is 3.24. The highest BCUT2D eigenvalue weighted by Crippen LogP contribution is 2.41. The van der Waals surface area contributed by atoms with Gasteiger partial charge in [0.1, 0.15) is 0 Å². The molecule has 1 fully saturated rings. The number of hydrogen-bond donors (Lipinski definition) is 1. The maximum Gasteiger partial charge on any atom is 0.170 e. The van der Waals surface area contributed by atoms with Crippen molar-refractivity contribution in [2.24, 2.45) is 0 Å². The van der Waals surface area contributed by atoms with E-state index in [2.05, 4.69) is 70.8 Å². The van der Waals surface area contributed by atoms with Gasteiger partial charge in [-0.15, -0.1) is 0 Å². The summed E-state index contributed by atoms with van der Waals surface area (Å²) in [4.78, 5) is 9.21. The number of nitrogens with zero attached hydrogens (tertiary/aromatic N) is 4. The van der Waals surface area contributed by atoms with Crippen LogP contribution in [0.25, 0.3) is 5.69 Å². The number of aryl methyl sites for hydroxylation is 1. The van der Waals surface area contributed by atoms with E-state index in [4.69, 9.17) is 23.8 Å². The van der Waals surface area contributed by atoms with E-state index in [-0.39, 0.29) is 12.1 Å². The van der Waals surface area contributed by atoms with Crippen molar-refractivity contribution in [1.29, 1.82) is 0 Å². The molecule has 3 heterocycles. The highest BCUT2D eigenvalue weighted by molar-refractivity contribution is 7.80. The Balaban J connectivity index is 1.77. The van der Waals surface area contributed by atoms with E-state index >= 15 is 0 Å². The summed E-state index contributed by atoms with van der Waals surface area (Å²) in [5.41, 5.74) is 5.70. The summed E-state index contributed by atoms with van der Waals surface area (Å²) in [5, 5.41) is 5.08. The Bertz CT molecular complexity index is 1090. The SMILES string of the molecule is Cc1cc([C@@H]2[C@H](c3ccccn3)NC(=S)N2CCCN(C)C)c(C)n1-c1cccc(Cl)c1. The molecule has 0 saturated carbocycles. The zero-order chi connectivity index (χ0) is 22.8. The summed E-state index contributed by atoms with van der Waals surface area (Å²) in [6, 6.07) is 16.4. The lowest BCUT2D eigenvalue weighted by Crippen LogP contribution is -2.32. The molecular weight excluding hydrogens is 438 g/mol. The maximum absolute atomic E-state index is 6.30. The lowest BCUT2D eigenvalue weighted by Gasteiger charge is -2.28. The van der Waals surface area contributed by atoms with Gasteiger partial charge < -0.3 is 19.7 Å². The average molecular weight is 468 g/mol. The molecular formula is C25H30ClN5S. The minimum absolute atomic E-state index is 0.00336. The van der Waals surface area contributed by atoms with Crippen LogP contribution in [-0.2, 0) is 0 Å². The van der Waals surface area contributed by atoms with Gasteiger partial charge in [-0.25, -0.2) is 0 Å². The summed E-state index contributed by atoms with van der Waals surface area (Å²) in [6.45, 7) is 6.23. The van der Waals surface area contributed by atoms with Crippen LogP contribution in [-0.4, -0.2) is 51.6 Å². The standard InChI is InChI=1S/C25H30ClN5S/c1-17-15-21(18(2)31(17)20-10-7-9-19(26)16-20)24-23(22-11-5-6-12-27-22)28-25(32)30(24)14-8-13-29(3)4/h5-7,9-12,15-16,23-24H,8,13-14H2,1-4H3,(H,28,32)/t23-,24+/m0/s1. The quantitative estimate of drug-likeness (QED) is 0.491. The van der Waals surface area contributed by atoms with E-state index in [0.717, 1.165) is 41.0 Å². The van der Waals surface area contributed by atoms with E-state index in [1.54, 1.807) is 0 Å². The monoisotopic (exact) mass is 467 g/mol. The fourth-order valence-corrected chi connectivity index (χ4v) is 5.16. The number of benzene rings is 1. The van der Waals surface area contributed by atoms with Crippen LogP contribution in [0.1, 0.15) is 41.1 Å². The highest BCUT2D eigenvalue weighted by Gasteiger charge is 2.41. The Morgan fingerprint density at radius 2 is 1.94 bits per heavy atom. The molecule has 1 N–H and O–H groups in total. The van der Waals surface area contributed by atoms with Crippen LogP contribution in [0.4, 0.5) is 0 Å². The van der Waals surface area contributed by atoms with Gasteiger partial charge in [-0.2, -0.15) is 0 Å². The van der Waals surface area contributed by atoms with Crippen LogP contribution in [0.3, 0.4) is 0 Å². The molecule has 0 bridgehead atoms. The summed E-state index contributed by atoms with van der Waals surface area (Å²) in [5.74, 6) is 0. The van der Waals surface area contributed by atoms with Gasteiger partial charge in [0.2, 0.25) is 0 Å². The second kappa shape index (κ2) is 9.61. The first kappa shape index (κ1) is 22.8. The molecule has 2 atom stereocenters. The predicted octanol–water partition coefficient (Wildman–Crippen LogP) is 5.07. The van der Waals surface area contributed by atoms with Gasteiger partial charge in [-0.05, 0) is 95.1 Å². The molecule has 0 aliphatic carbocycles. The van der Waals surface area contributed by atoms with E-state index in [0.29, 0.717) is 0 Å². The number of thiocarbonyl (C=S) groups is 1. The van der Waals surface area contributed by atoms with Gasteiger partial charge in [-0.1, -0.05) is 23.7 Å². The van der Waals surface area contributed by atoms with Crippen LogP contribution in [0, 0.1) is 13.8 Å². The molecule has 1 aromatic carbocycles. The molecule has 4 rings (SSSR count). The number of nitrogens with one attached hydrogen (secondary N) is 1. The lowest BCUT2D eigenvalue weighted by atomic mass is 9.96. The Morgan fingerprint density at radius 1 is 1.12 bits per heavy atom. The zero-order valence-corrected chi connectivity index (χ0v) is 20.6. The van der Waals surface area contributed by atoms with Crippen LogP contribution in [0.15, 0.2) is 54.7 Å². The molecule has 1 aliphatic rings. The highest BCUT2D eigenvalue weighted by atomic mass is 35.5. The molecule has 0 unspecified atom stereocenters. The summed E-state index contributed by atoms with van der Waals surface area (Å²) in [6.07, 6.45) is 2.88. The Hall–Kier alpha value is -2.41. The van der Waals surface area contributed by atoms with Crippen LogP contribution < -0.4 is 5.32 Å². The largest absolute Gasteiger partial charge is 0.352 e. The third-order valence-corrected chi connectivity index (χ3v) is 6.64. The fourth-order valence-electron chi connectivity index (χ4n) is 4.64. The minimum atomic E-state index is -0.00336. The van der Waals surface area contributed by atoms with Crippen molar-refractivity contribution in [2.45, 2.75) is 32.4 Å². The zero-order valence-electron chi connectivity index (χ0n) is 19.0. The molecule has 168 valence electrons. The van der Waals surface area contributed by atoms with Crippen molar-refractivity contribution in [3.05, 3.63) is 82.4 Å². The number of hydrogen-bond acceptors (Lipinski definition) is 3. The molecule has 32 heavy (non-hydrogen) atoms. The topological polar surface area (TPSA) is 36.3 Å². The molecule has 0 spiro atoms. The number of rotatable bonds is 7. The summed E-state index contributed by atoms with van der Waals surface area (Å²) < 4.78 is 2.27. The molecule has 1 saturated heterocycles. The number of pyridine rings is 1. The van der Waals surface area contributed by atoms with Crippen molar-refractivity contribution in [2.75, 3.05) is 27.2 Å². The second-order valence-electron chi connectivity index (χ2n) is 8.62. The van der Waals surface area contributed by atoms with E-state index in [1.165, 1.54) is 17.0 Å². The smallest absolute Gasteiger partial charge is 0.170 e. The predicted molar refractivity (Wildman–Crippen MR) is 136 cm³/mol. The van der Waals surface area contributed by atoms with Crippen molar-refractivity contribution < 1.29 is 0 Å². The Morgan fingerprint density at radius 3 is 2.62 bits per heavy atom. The molecule has 3 aromatic rings. The van der Waals surface area contributed by atoms with E-state index < -0.39 is 0 Å². The van der Waals surface area contributed by atoms with Crippen molar-refractivity contribution >= 4 is 28.9 Å². The van der Waals surface area contributed by atoms with Gasteiger partial charge >= 0.3 is 0 Å². The van der Waals surface area contributed by atoms with Gasteiger partial charge in [-0.3, -0.25) is 4.98 Å². The van der Waals surface area contributed by atoms with Crippen molar-refractivity contribution in [3.63, 3.8) is 0 Å². The Kier molecular flexibility index (Phi) is 6.84. The number of aromatic nitrogens is 2. The second-order valence-corrected chi connectivity index (χ2v) is 9.44. The minimum Gasteiger partial charge on any atom is -0.352 e. The molecule has 0 amide bonds. The summed E-state index contributed by atoms with van der Waals surface area (Å²) in [7, 11) is 4.21. The molecule has 7 heteroatoms. The van der Waals surface area contributed by atoms with Crippen LogP contribution in [0.2, 0.25) is 5.02 Å². The van der Waals surface area contributed by atoms with Crippen LogP contribution in [0.5, 0.6) is 0 Å². The molecule has 5 nitrogen and oxygen atoms in total. The van der Waals surface area contributed by atoms with Gasteiger partial charge in [0.15, 0.2) is 5.11 Å². The van der Waals surface area contributed by atoms with Gasteiger partial charge in [0, 0.05) is 34.8 Å². The molecule has 0 radical (unpaired) electrons. The first-order valence-electron chi connectivity index (χ1n) is 10.9. The third-order valence-electron chi connectivity index (χ3n) is 6.06. The van der Waals surface area contributed by atoms with Crippen molar-refractivity contribution in [1.82, 2.24) is 24.7 Å². The van der Waals surface area contributed by atoms with Gasteiger partial charge in [0.25, 0.3) is 0 Å². The fraction of sp³-hybridized carbons (Fsp3) is 0.360. The normalized spacial score (nSPS) is 18.4. The number of halogens is 1. The third kappa shape index (κ3) is 4.53. The molecule has 2 aromatic heterocycles. The lowest BCUT2D eigenvalue weighted by molar-refractivity contribution is 0.292. The van der Waals surface area contributed by atoms with E-state index in [1.807, 2.05) is 36.5 Å². The first-order chi connectivity index (χ1) is 15.4. The van der Waals surface area contributed by atoms with E-state index in [9.17, 15) is 0 Å². The first-order valence-corrected chi connectivity index (χ1v) is 11.7. The summed E-state index contributed by atoms with van der Waals surface area (Å²) >= 11 is 12.1. The van der Waals surface area contributed by atoms with Crippen molar-refractivity contribution in [3.8, 4) is 5.69 Å². The molecule has 1 aliphatic heterocycles. The Labute approximate surface area is 201 Å². The maximum atomic E-state index is 6.30. The van der Waals surface area contributed by atoms with Crippen LogP contribution >= 0.6 is 23.8 Å².